The lowest BCUT2D eigenvalue weighted by atomic mass is 10.3. The van der Waals surface area contributed by atoms with E-state index >= 15 is 0 Å². The third-order valence-corrected chi connectivity index (χ3v) is 5.94. The number of halogens is 2. The molecule has 4 rings (SSSR count). The smallest absolute Gasteiger partial charge is 0.325 e. The van der Waals surface area contributed by atoms with E-state index in [0.29, 0.717) is 26.6 Å². The molecule has 0 spiro atoms. The maximum atomic E-state index is 13.1. The summed E-state index contributed by atoms with van der Waals surface area (Å²) in [5, 5.41) is 4.98. The van der Waals surface area contributed by atoms with Gasteiger partial charge in [0.05, 0.1) is 11.2 Å². The Balaban J connectivity index is 1.77. The van der Waals surface area contributed by atoms with Gasteiger partial charge in [0, 0.05) is 15.2 Å². The van der Waals surface area contributed by atoms with E-state index in [1.165, 1.54) is 15.9 Å². The maximum Gasteiger partial charge on any atom is 0.336 e. The molecule has 146 valence electrons. The highest BCUT2D eigenvalue weighted by atomic mass is 79.9. The summed E-state index contributed by atoms with van der Waals surface area (Å²) in [7, 11) is 0. The van der Waals surface area contributed by atoms with Gasteiger partial charge in [0.15, 0.2) is 0 Å². The standard InChI is InChI=1S/C20H13BrClN3O3S/c21-12-1-5-14(6-2-12)23-17(26)11-24-16-9-10-29-18(16)19(27)25(20(24)28)15-7-3-13(22)4-8-15/h1-10H,11H2,(H,23,26). The van der Waals surface area contributed by atoms with Gasteiger partial charge in [-0.05, 0) is 60.0 Å². The van der Waals surface area contributed by atoms with Crippen LogP contribution in [0, 0.1) is 0 Å². The second-order valence-corrected chi connectivity index (χ2v) is 8.44. The van der Waals surface area contributed by atoms with Crippen molar-refractivity contribution in [2.75, 3.05) is 5.32 Å². The Hall–Kier alpha value is -2.68. The van der Waals surface area contributed by atoms with Crippen molar-refractivity contribution >= 4 is 60.7 Å². The normalized spacial score (nSPS) is 11.0. The number of hydrogen-bond donors (Lipinski definition) is 1. The molecule has 0 radical (unpaired) electrons. The Labute approximate surface area is 182 Å². The molecular formula is C20H13BrClN3O3S. The van der Waals surface area contributed by atoms with E-state index in [4.69, 9.17) is 11.6 Å². The zero-order valence-corrected chi connectivity index (χ0v) is 17.9. The quantitative estimate of drug-likeness (QED) is 0.464. The number of hydrogen-bond acceptors (Lipinski definition) is 4. The molecule has 0 unspecified atom stereocenters. The molecule has 0 atom stereocenters. The van der Waals surface area contributed by atoms with Crippen LogP contribution < -0.4 is 16.6 Å². The van der Waals surface area contributed by atoms with E-state index < -0.39 is 11.2 Å². The zero-order valence-electron chi connectivity index (χ0n) is 14.8. The van der Waals surface area contributed by atoms with Crippen LogP contribution in [-0.2, 0) is 11.3 Å². The monoisotopic (exact) mass is 489 g/mol. The summed E-state index contributed by atoms with van der Waals surface area (Å²) in [6, 6.07) is 15.2. The molecule has 9 heteroatoms. The van der Waals surface area contributed by atoms with Crippen molar-refractivity contribution < 1.29 is 4.79 Å². The van der Waals surface area contributed by atoms with Gasteiger partial charge in [-0.2, -0.15) is 0 Å². The number of carbonyl (C=O) groups excluding carboxylic acids is 1. The molecule has 2 aromatic carbocycles. The van der Waals surface area contributed by atoms with Crippen molar-refractivity contribution in [3.05, 3.63) is 90.3 Å². The van der Waals surface area contributed by atoms with Crippen LogP contribution >= 0.6 is 38.9 Å². The molecule has 2 heterocycles. The van der Waals surface area contributed by atoms with Crippen LogP contribution in [0.15, 0.2) is 74.0 Å². The third-order valence-electron chi connectivity index (χ3n) is 4.27. The van der Waals surface area contributed by atoms with Gasteiger partial charge >= 0.3 is 5.69 Å². The molecule has 4 aromatic rings. The summed E-state index contributed by atoms with van der Waals surface area (Å²) in [6.45, 7) is -0.226. The number of fused-ring (bicyclic) bond motifs is 1. The van der Waals surface area contributed by atoms with Gasteiger partial charge in [0.2, 0.25) is 5.91 Å². The minimum absolute atomic E-state index is 0.226. The van der Waals surface area contributed by atoms with Gasteiger partial charge in [-0.15, -0.1) is 11.3 Å². The Morgan fingerprint density at radius 1 is 1.03 bits per heavy atom. The van der Waals surface area contributed by atoms with E-state index in [9.17, 15) is 14.4 Å². The summed E-state index contributed by atoms with van der Waals surface area (Å²) in [5.74, 6) is -0.372. The lowest BCUT2D eigenvalue weighted by molar-refractivity contribution is -0.116. The van der Waals surface area contributed by atoms with E-state index in [2.05, 4.69) is 21.2 Å². The summed E-state index contributed by atoms with van der Waals surface area (Å²) in [4.78, 5) is 38.6. The summed E-state index contributed by atoms with van der Waals surface area (Å²) in [5.41, 5.74) is 0.419. The van der Waals surface area contributed by atoms with Crippen molar-refractivity contribution in [1.82, 2.24) is 9.13 Å². The molecule has 0 aliphatic heterocycles. The lowest BCUT2D eigenvalue weighted by Gasteiger charge is -2.12. The first-order valence-electron chi connectivity index (χ1n) is 8.48. The fourth-order valence-electron chi connectivity index (χ4n) is 2.94. The summed E-state index contributed by atoms with van der Waals surface area (Å²) in [6.07, 6.45) is 0. The fourth-order valence-corrected chi connectivity index (χ4v) is 4.15. The molecule has 0 saturated heterocycles. The Morgan fingerprint density at radius 3 is 2.41 bits per heavy atom. The first-order chi connectivity index (χ1) is 13.9. The van der Waals surface area contributed by atoms with Crippen molar-refractivity contribution in [3.63, 3.8) is 0 Å². The van der Waals surface area contributed by atoms with Crippen LogP contribution in [-0.4, -0.2) is 15.0 Å². The van der Waals surface area contributed by atoms with Gasteiger partial charge in [-0.1, -0.05) is 27.5 Å². The molecule has 1 N–H and O–H groups in total. The van der Waals surface area contributed by atoms with Crippen molar-refractivity contribution in [2.45, 2.75) is 6.54 Å². The first kappa shape index (κ1) is 19.6. The van der Waals surface area contributed by atoms with E-state index in [1.807, 2.05) is 0 Å². The number of nitrogens with one attached hydrogen (secondary N) is 1. The van der Waals surface area contributed by atoms with Gasteiger partial charge in [0.25, 0.3) is 5.56 Å². The highest BCUT2D eigenvalue weighted by molar-refractivity contribution is 9.10. The number of anilines is 1. The zero-order chi connectivity index (χ0) is 20.5. The van der Waals surface area contributed by atoms with Crippen LogP contribution in [0.3, 0.4) is 0 Å². The molecular weight excluding hydrogens is 478 g/mol. The second-order valence-electron chi connectivity index (χ2n) is 6.18. The molecule has 0 aliphatic rings. The number of benzene rings is 2. The first-order valence-corrected chi connectivity index (χ1v) is 10.5. The van der Waals surface area contributed by atoms with Crippen LogP contribution in [0.5, 0.6) is 0 Å². The van der Waals surface area contributed by atoms with Crippen molar-refractivity contribution in [3.8, 4) is 5.69 Å². The average molecular weight is 491 g/mol. The SMILES string of the molecule is O=C(Cn1c(=O)n(-c2ccc(Cl)cc2)c(=O)c2sccc21)Nc1ccc(Br)cc1. The molecule has 6 nitrogen and oxygen atoms in total. The number of rotatable bonds is 4. The van der Waals surface area contributed by atoms with Crippen molar-refractivity contribution in [2.24, 2.45) is 0 Å². The Morgan fingerprint density at radius 2 is 1.72 bits per heavy atom. The predicted molar refractivity (Wildman–Crippen MR) is 119 cm³/mol. The highest BCUT2D eigenvalue weighted by Gasteiger charge is 2.17. The third kappa shape index (κ3) is 3.91. The minimum atomic E-state index is -0.589. The van der Waals surface area contributed by atoms with E-state index in [1.54, 1.807) is 60.0 Å². The van der Waals surface area contributed by atoms with Crippen LogP contribution in [0.25, 0.3) is 15.9 Å². The summed E-state index contributed by atoms with van der Waals surface area (Å²) >= 11 is 10.5. The van der Waals surface area contributed by atoms with E-state index in [0.717, 1.165) is 9.04 Å². The molecule has 29 heavy (non-hydrogen) atoms. The number of thiophene rings is 1. The fraction of sp³-hybridized carbons (Fsp3) is 0.0500. The molecule has 1 amide bonds. The Kier molecular flexibility index (Phi) is 5.40. The molecule has 2 aromatic heterocycles. The molecule has 0 saturated carbocycles. The number of amides is 1. The number of aromatic nitrogens is 2. The van der Waals surface area contributed by atoms with Crippen molar-refractivity contribution in [1.29, 1.82) is 0 Å². The number of carbonyl (C=O) groups is 1. The van der Waals surface area contributed by atoms with E-state index in [-0.39, 0.29) is 12.5 Å². The average Bonchev–Trinajstić information content (AvgIpc) is 3.19. The lowest BCUT2D eigenvalue weighted by Crippen LogP contribution is -2.40. The maximum absolute atomic E-state index is 13.1. The van der Waals surface area contributed by atoms with Crippen LogP contribution in [0.4, 0.5) is 5.69 Å². The Bertz CT molecular complexity index is 1320. The van der Waals surface area contributed by atoms with Gasteiger partial charge in [-0.25, -0.2) is 9.36 Å². The number of nitrogens with zero attached hydrogens (tertiary/aromatic N) is 2. The minimum Gasteiger partial charge on any atom is -0.325 e. The van der Waals surface area contributed by atoms with Gasteiger partial charge in [0.1, 0.15) is 11.2 Å². The molecule has 0 aliphatic carbocycles. The van der Waals surface area contributed by atoms with Crippen LogP contribution in [0.2, 0.25) is 5.02 Å². The molecule has 0 fully saturated rings. The van der Waals surface area contributed by atoms with Gasteiger partial charge in [-0.3, -0.25) is 14.2 Å². The molecule has 0 bridgehead atoms. The largest absolute Gasteiger partial charge is 0.336 e. The van der Waals surface area contributed by atoms with Crippen LogP contribution in [0.1, 0.15) is 0 Å². The summed E-state index contributed by atoms with van der Waals surface area (Å²) < 4.78 is 3.65. The van der Waals surface area contributed by atoms with Gasteiger partial charge < -0.3 is 5.32 Å². The predicted octanol–water partition coefficient (Wildman–Crippen LogP) is 4.27. The second kappa shape index (κ2) is 7.98. The highest BCUT2D eigenvalue weighted by Crippen LogP contribution is 2.18. The topological polar surface area (TPSA) is 73.1 Å².